The Morgan fingerprint density at radius 2 is 2.07 bits per heavy atom. The van der Waals surface area contributed by atoms with E-state index >= 15 is 0 Å². The number of thiophene rings is 1. The van der Waals surface area contributed by atoms with Gasteiger partial charge in [0.2, 0.25) is 0 Å². The first kappa shape index (κ1) is 11.2. The predicted octanol–water partition coefficient (Wildman–Crippen LogP) is 3.26. The zero-order chi connectivity index (χ0) is 10.9. The molecule has 2 heteroatoms. The maximum absolute atomic E-state index is 9.53. The molecule has 1 unspecified atom stereocenters. The molecule has 1 aliphatic rings. The Morgan fingerprint density at radius 1 is 1.40 bits per heavy atom. The SMILES string of the molecule is CCc1ccc(CC(C)(CO)C2CC2)s1. The topological polar surface area (TPSA) is 20.2 Å². The predicted molar refractivity (Wildman–Crippen MR) is 65.3 cm³/mol. The molecule has 0 spiro atoms. The third kappa shape index (κ3) is 2.43. The minimum atomic E-state index is 0.135. The van der Waals surface area contributed by atoms with Crippen LogP contribution in [0.2, 0.25) is 0 Å². The van der Waals surface area contributed by atoms with Crippen LogP contribution in [-0.4, -0.2) is 11.7 Å². The largest absolute Gasteiger partial charge is 0.396 e. The number of aryl methyl sites for hydroxylation is 1. The van der Waals surface area contributed by atoms with Crippen molar-refractivity contribution in [3.63, 3.8) is 0 Å². The molecule has 15 heavy (non-hydrogen) atoms. The molecule has 1 heterocycles. The molecule has 0 bridgehead atoms. The standard InChI is InChI=1S/C13H20OS/c1-3-11-6-7-12(15-11)8-13(2,9-14)10-4-5-10/h6-7,10,14H,3-5,8-9H2,1-2H3. The molecule has 0 radical (unpaired) electrons. The summed E-state index contributed by atoms with van der Waals surface area (Å²) in [6.07, 6.45) is 4.80. The summed E-state index contributed by atoms with van der Waals surface area (Å²) in [5.74, 6) is 0.759. The van der Waals surface area contributed by atoms with Crippen molar-refractivity contribution < 1.29 is 5.11 Å². The van der Waals surface area contributed by atoms with Crippen molar-refractivity contribution in [3.8, 4) is 0 Å². The molecule has 1 nitrogen and oxygen atoms in total. The molecule has 0 amide bonds. The van der Waals surface area contributed by atoms with E-state index in [9.17, 15) is 5.11 Å². The van der Waals surface area contributed by atoms with E-state index in [0.717, 1.165) is 18.8 Å². The zero-order valence-corrected chi connectivity index (χ0v) is 10.4. The van der Waals surface area contributed by atoms with Gasteiger partial charge in [-0.2, -0.15) is 0 Å². The second kappa shape index (κ2) is 4.26. The van der Waals surface area contributed by atoms with Crippen LogP contribution in [-0.2, 0) is 12.8 Å². The summed E-state index contributed by atoms with van der Waals surface area (Å²) in [7, 11) is 0. The van der Waals surface area contributed by atoms with Gasteiger partial charge in [0.05, 0.1) is 0 Å². The molecule has 0 saturated heterocycles. The Hall–Kier alpha value is -0.340. The fourth-order valence-electron chi connectivity index (χ4n) is 2.21. The normalized spacial score (nSPS) is 20.2. The van der Waals surface area contributed by atoms with Crippen molar-refractivity contribution in [1.82, 2.24) is 0 Å². The van der Waals surface area contributed by atoms with E-state index in [1.54, 1.807) is 0 Å². The summed E-state index contributed by atoms with van der Waals surface area (Å²) in [6, 6.07) is 4.46. The van der Waals surface area contributed by atoms with Crippen molar-refractivity contribution in [2.75, 3.05) is 6.61 Å². The molecule has 2 rings (SSSR count). The van der Waals surface area contributed by atoms with E-state index in [0.29, 0.717) is 6.61 Å². The first-order chi connectivity index (χ1) is 7.18. The van der Waals surface area contributed by atoms with E-state index in [1.165, 1.54) is 22.6 Å². The molecular formula is C13H20OS. The maximum atomic E-state index is 9.53. The van der Waals surface area contributed by atoms with Crippen LogP contribution in [0.3, 0.4) is 0 Å². The number of aliphatic hydroxyl groups excluding tert-OH is 1. The third-order valence-electron chi connectivity index (χ3n) is 3.57. The van der Waals surface area contributed by atoms with Crippen molar-refractivity contribution in [2.24, 2.45) is 11.3 Å². The molecule has 1 atom stereocenters. The lowest BCUT2D eigenvalue weighted by Crippen LogP contribution is -2.26. The average Bonchev–Trinajstić information content (AvgIpc) is 3.01. The minimum absolute atomic E-state index is 0.135. The van der Waals surface area contributed by atoms with Crippen molar-refractivity contribution >= 4 is 11.3 Å². The van der Waals surface area contributed by atoms with Crippen LogP contribution in [0.1, 0.15) is 36.4 Å². The fraction of sp³-hybridized carbons (Fsp3) is 0.692. The molecule has 1 aliphatic carbocycles. The lowest BCUT2D eigenvalue weighted by molar-refractivity contribution is 0.120. The Balaban J connectivity index is 2.05. The van der Waals surface area contributed by atoms with Gasteiger partial charge in [-0.3, -0.25) is 0 Å². The molecule has 1 N–H and O–H groups in total. The van der Waals surface area contributed by atoms with Crippen LogP contribution in [0.25, 0.3) is 0 Å². The van der Waals surface area contributed by atoms with E-state index in [1.807, 2.05) is 11.3 Å². The van der Waals surface area contributed by atoms with Crippen LogP contribution < -0.4 is 0 Å². The van der Waals surface area contributed by atoms with Crippen LogP contribution >= 0.6 is 11.3 Å². The monoisotopic (exact) mass is 224 g/mol. The Kier molecular flexibility index (Phi) is 3.17. The highest BCUT2D eigenvalue weighted by Gasteiger charge is 2.41. The van der Waals surface area contributed by atoms with Gasteiger partial charge >= 0.3 is 0 Å². The molecule has 1 aromatic heterocycles. The van der Waals surface area contributed by atoms with E-state index < -0.39 is 0 Å². The van der Waals surface area contributed by atoms with E-state index in [4.69, 9.17) is 0 Å². The van der Waals surface area contributed by atoms with Crippen LogP contribution in [0.5, 0.6) is 0 Å². The highest BCUT2D eigenvalue weighted by Crippen LogP contribution is 2.47. The summed E-state index contributed by atoms with van der Waals surface area (Å²) in [5.41, 5.74) is 0.135. The van der Waals surface area contributed by atoms with Crippen LogP contribution in [0, 0.1) is 11.3 Å². The quantitative estimate of drug-likeness (QED) is 0.814. The van der Waals surface area contributed by atoms with Gasteiger partial charge in [-0.15, -0.1) is 11.3 Å². The van der Waals surface area contributed by atoms with Gasteiger partial charge in [-0.25, -0.2) is 0 Å². The van der Waals surface area contributed by atoms with Crippen molar-refractivity contribution in [2.45, 2.75) is 39.5 Å². The van der Waals surface area contributed by atoms with Crippen molar-refractivity contribution in [1.29, 1.82) is 0 Å². The van der Waals surface area contributed by atoms with Gasteiger partial charge < -0.3 is 5.11 Å². The number of rotatable bonds is 5. The van der Waals surface area contributed by atoms with E-state index in [2.05, 4.69) is 26.0 Å². The summed E-state index contributed by atoms with van der Waals surface area (Å²) >= 11 is 1.91. The first-order valence-electron chi connectivity index (χ1n) is 5.86. The van der Waals surface area contributed by atoms with Gasteiger partial charge in [0.1, 0.15) is 0 Å². The maximum Gasteiger partial charge on any atom is 0.0490 e. The molecular weight excluding hydrogens is 204 g/mol. The summed E-state index contributed by atoms with van der Waals surface area (Å²) < 4.78 is 0. The lowest BCUT2D eigenvalue weighted by atomic mass is 9.82. The molecule has 0 aliphatic heterocycles. The van der Waals surface area contributed by atoms with Gasteiger partial charge in [0.15, 0.2) is 0 Å². The molecule has 1 aromatic rings. The van der Waals surface area contributed by atoms with Crippen molar-refractivity contribution in [3.05, 3.63) is 21.9 Å². The molecule has 1 saturated carbocycles. The smallest absolute Gasteiger partial charge is 0.0490 e. The molecule has 1 fully saturated rings. The van der Waals surface area contributed by atoms with Gasteiger partial charge in [-0.05, 0) is 49.1 Å². The second-order valence-corrected chi connectivity index (χ2v) is 6.24. The minimum Gasteiger partial charge on any atom is -0.396 e. The number of aliphatic hydroxyl groups is 1. The van der Waals surface area contributed by atoms with Gasteiger partial charge in [0, 0.05) is 16.4 Å². The average molecular weight is 224 g/mol. The number of hydrogen-bond donors (Lipinski definition) is 1. The first-order valence-corrected chi connectivity index (χ1v) is 6.68. The van der Waals surface area contributed by atoms with Gasteiger partial charge in [-0.1, -0.05) is 13.8 Å². The lowest BCUT2D eigenvalue weighted by Gasteiger charge is -2.26. The number of hydrogen-bond acceptors (Lipinski definition) is 2. The molecule has 84 valence electrons. The Bertz CT molecular complexity index is 327. The third-order valence-corrected chi connectivity index (χ3v) is 4.80. The highest BCUT2D eigenvalue weighted by atomic mass is 32.1. The molecule has 0 aromatic carbocycles. The fourth-order valence-corrected chi connectivity index (χ4v) is 3.37. The van der Waals surface area contributed by atoms with Gasteiger partial charge in [0.25, 0.3) is 0 Å². The summed E-state index contributed by atoms with van der Waals surface area (Å²) in [5, 5.41) is 9.53. The Morgan fingerprint density at radius 3 is 2.53 bits per heavy atom. The Labute approximate surface area is 96.1 Å². The summed E-state index contributed by atoms with van der Waals surface area (Å²) in [6.45, 7) is 4.76. The van der Waals surface area contributed by atoms with E-state index in [-0.39, 0.29) is 5.41 Å². The summed E-state index contributed by atoms with van der Waals surface area (Å²) in [4.78, 5) is 2.90. The second-order valence-electron chi connectivity index (χ2n) is 4.98. The highest BCUT2D eigenvalue weighted by molar-refractivity contribution is 7.11. The van der Waals surface area contributed by atoms with Crippen LogP contribution in [0.4, 0.5) is 0 Å². The van der Waals surface area contributed by atoms with Crippen LogP contribution in [0.15, 0.2) is 12.1 Å². The zero-order valence-electron chi connectivity index (χ0n) is 9.62.